The van der Waals surface area contributed by atoms with Gasteiger partial charge in [0.15, 0.2) is 0 Å². The first-order valence-corrected chi connectivity index (χ1v) is 7.80. The summed E-state index contributed by atoms with van der Waals surface area (Å²) >= 11 is 0. The number of rotatable bonds is 6. The van der Waals surface area contributed by atoms with Gasteiger partial charge in [-0.3, -0.25) is 10.2 Å². The molecule has 0 heterocycles. The van der Waals surface area contributed by atoms with E-state index in [1.807, 2.05) is 30.3 Å². The average molecular weight is 284 g/mol. The lowest BCUT2D eigenvalue weighted by molar-refractivity contribution is -0.141. The number of aliphatic carboxylic acids is 1. The summed E-state index contributed by atoms with van der Waals surface area (Å²) in [5.74, 6) is -2.35. The Kier molecular flexibility index (Phi) is 5.18. The van der Waals surface area contributed by atoms with Gasteiger partial charge in [-0.25, -0.2) is 9.79 Å². The lowest BCUT2D eigenvalue weighted by Gasteiger charge is -2.22. The highest BCUT2D eigenvalue weighted by atomic mass is 31.2. The minimum absolute atomic E-state index is 0.251. The van der Waals surface area contributed by atoms with Gasteiger partial charge in [0.05, 0.1) is 0 Å². The molecule has 5 nitrogen and oxygen atoms in total. The molecule has 0 saturated heterocycles. The second-order valence-corrected chi connectivity index (χ2v) is 7.14. The molecular formula is C13H19NO4P+. The largest absolute Gasteiger partial charge is 0.481 e. The van der Waals surface area contributed by atoms with E-state index in [2.05, 4.69) is 0 Å². The second kappa shape index (κ2) is 6.24. The van der Waals surface area contributed by atoms with Crippen molar-refractivity contribution in [3.8, 4) is 0 Å². The first-order chi connectivity index (χ1) is 8.75. The zero-order chi connectivity index (χ0) is 14.6. The molecule has 0 spiro atoms. The molecule has 6 heteroatoms. The molecule has 2 unspecified atom stereocenters. The Bertz CT molecular complexity index is 461. The Balaban J connectivity index is 2.96. The van der Waals surface area contributed by atoms with Crippen molar-refractivity contribution in [2.75, 3.05) is 6.16 Å². The molecule has 0 bridgehead atoms. The summed E-state index contributed by atoms with van der Waals surface area (Å²) in [7, 11) is -3.60. The van der Waals surface area contributed by atoms with Gasteiger partial charge in [0, 0.05) is 6.92 Å². The molecule has 1 rings (SSSR count). The van der Waals surface area contributed by atoms with Crippen LogP contribution in [-0.2, 0) is 4.79 Å². The van der Waals surface area contributed by atoms with Crippen molar-refractivity contribution in [2.45, 2.75) is 19.8 Å². The number of nitrogens with one attached hydrogen (secondary N) is 1. The summed E-state index contributed by atoms with van der Waals surface area (Å²) in [6.45, 7) is 3.03. The summed E-state index contributed by atoms with van der Waals surface area (Å²) < 4.78 is 0. The molecular weight excluding hydrogens is 265 g/mol. The highest BCUT2D eigenvalue weighted by molar-refractivity contribution is 7.81. The van der Waals surface area contributed by atoms with Crippen molar-refractivity contribution >= 4 is 19.1 Å². The van der Waals surface area contributed by atoms with Crippen LogP contribution in [0.4, 0.5) is 0 Å². The molecule has 104 valence electrons. The SMILES string of the molecule is CC(=N)[P+](O)(O)CC(C(=O)O)C(C)c1ccccc1. The minimum Gasteiger partial charge on any atom is -0.481 e. The first kappa shape index (κ1) is 15.8. The minimum atomic E-state index is -3.60. The van der Waals surface area contributed by atoms with Gasteiger partial charge in [0.2, 0.25) is 5.45 Å². The van der Waals surface area contributed by atoms with E-state index in [9.17, 15) is 19.7 Å². The molecule has 1 aromatic rings. The van der Waals surface area contributed by atoms with E-state index in [-0.39, 0.29) is 17.5 Å². The van der Waals surface area contributed by atoms with E-state index >= 15 is 0 Å². The standard InChI is InChI=1S/C13H18NO4P/c1-9(11-6-4-3-5-7-11)12(13(15)16)8-19(17,18)10(2)14/h3-7,9,12,14,17-18H,8H2,1-2H3/p+1. The third-order valence-corrected chi connectivity index (χ3v) is 5.21. The molecule has 2 atom stereocenters. The fourth-order valence-corrected chi connectivity index (χ4v) is 3.15. The molecule has 19 heavy (non-hydrogen) atoms. The third-order valence-electron chi connectivity index (χ3n) is 3.23. The van der Waals surface area contributed by atoms with E-state index in [1.165, 1.54) is 6.92 Å². The van der Waals surface area contributed by atoms with Gasteiger partial charge >= 0.3 is 13.7 Å². The highest BCUT2D eigenvalue weighted by Gasteiger charge is 2.44. The van der Waals surface area contributed by atoms with Gasteiger partial charge in [-0.15, -0.1) is 0 Å². The molecule has 0 amide bonds. The van der Waals surface area contributed by atoms with Crippen molar-refractivity contribution in [3.63, 3.8) is 0 Å². The van der Waals surface area contributed by atoms with Crippen LogP contribution in [0.25, 0.3) is 0 Å². The molecule has 4 N–H and O–H groups in total. The van der Waals surface area contributed by atoms with Gasteiger partial charge in [-0.1, -0.05) is 37.3 Å². The summed E-state index contributed by atoms with van der Waals surface area (Å²) in [4.78, 5) is 30.9. The Morgan fingerprint density at radius 3 is 2.26 bits per heavy atom. The van der Waals surface area contributed by atoms with E-state index in [1.54, 1.807) is 6.92 Å². The first-order valence-electron chi connectivity index (χ1n) is 5.92. The van der Waals surface area contributed by atoms with Gasteiger partial charge in [-0.2, -0.15) is 0 Å². The van der Waals surface area contributed by atoms with Crippen LogP contribution in [0, 0.1) is 11.3 Å². The van der Waals surface area contributed by atoms with Crippen LogP contribution in [0.1, 0.15) is 25.3 Å². The molecule has 0 aliphatic carbocycles. The normalized spacial score (nSPS) is 14.7. The lowest BCUT2D eigenvalue weighted by atomic mass is 9.89. The zero-order valence-electron chi connectivity index (χ0n) is 10.9. The van der Waals surface area contributed by atoms with E-state index < -0.39 is 19.6 Å². The van der Waals surface area contributed by atoms with Crippen LogP contribution >= 0.6 is 7.72 Å². The van der Waals surface area contributed by atoms with Crippen LogP contribution in [0.15, 0.2) is 30.3 Å². The predicted octanol–water partition coefficient (Wildman–Crippen LogP) is 2.32. The molecule has 0 saturated carbocycles. The van der Waals surface area contributed by atoms with Crippen molar-refractivity contribution in [3.05, 3.63) is 35.9 Å². The van der Waals surface area contributed by atoms with Crippen LogP contribution < -0.4 is 0 Å². The number of hydrogen-bond donors (Lipinski definition) is 4. The summed E-state index contributed by atoms with van der Waals surface area (Å²) in [6.07, 6.45) is -0.298. The number of carboxylic acid groups (broad SMARTS) is 1. The Labute approximate surface area is 112 Å². The van der Waals surface area contributed by atoms with Crippen LogP contribution in [0.5, 0.6) is 0 Å². The maximum Gasteiger partial charge on any atom is 0.314 e. The Morgan fingerprint density at radius 2 is 1.84 bits per heavy atom. The average Bonchev–Trinajstić information content (AvgIpc) is 2.35. The van der Waals surface area contributed by atoms with E-state index in [0.717, 1.165) is 5.56 Å². The highest BCUT2D eigenvalue weighted by Crippen LogP contribution is 2.53. The fraction of sp³-hybridized carbons (Fsp3) is 0.385. The van der Waals surface area contributed by atoms with Crippen LogP contribution in [0.2, 0.25) is 0 Å². The van der Waals surface area contributed by atoms with E-state index in [4.69, 9.17) is 5.41 Å². The van der Waals surface area contributed by atoms with Gasteiger partial charge in [-0.05, 0) is 11.5 Å². The van der Waals surface area contributed by atoms with Crippen LogP contribution in [0.3, 0.4) is 0 Å². The number of carbonyl (C=O) groups is 1. The molecule has 0 radical (unpaired) electrons. The molecule has 0 fully saturated rings. The molecule has 0 aliphatic heterocycles. The fourth-order valence-electron chi connectivity index (χ4n) is 1.85. The quantitative estimate of drug-likeness (QED) is 0.475. The third kappa shape index (κ3) is 4.10. The van der Waals surface area contributed by atoms with Crippen LogP contribution in [-0.4, -0.2) is 32.5 Å². The maximum atomic E-state index is 11.3. The molecule has 0 aliphatic rings. The van der Waals surface area contributed by atoms with Crippen molar-refractivity contribution in [2.24, 2.45) is 5.92 Å². The summed E-state index contributed by atoms with van der Waals surface area (Å²) in [5, 5.41) is 16.6. The summed E-state index contributed by atoms with van der Waals surface area (Å²) in [5.41, 5.74) is 0.580. The molecule has 0 aromatic heterocycles. The molecule has 1 aromatic carbocycles. The van der Waals surface area contributed by atoms with Gasteiger partial charge < -0.3 is 5.11 Å². The zero-order valence-corrected chi connectivity index (χ0v) is 11.8. The number of benzene rings is 1. The van der Waals surface area contributed by atoms with Gasteiger partial charge in [0.1, 0.15) is 12.1 Å². The maximum absolute atomic E-state index is 11.3. The predicted molar refractivity (Wildman–Crippen MR) is 75.6 cm³/mol. The Hall–Kier alpha value is -1.29. The number of carboxylic acids is 1. The second-order valence-electron chi connectivity index (χ2n) is 4.64. The Morgan fingerprint density at radius 1 is 1.32 bits per heavy atom. The van der Waals surface area contributed by atoms with Crippen molar-refractivity contribution in [1.29, 1.82) is 5.41 Å². The smallest absolute Gasteiger partial charge is 0.314 e. The lowest BCUT2D eigenvalue weighted by Crippen LogP contribution is -2.26. The van der Waals surface area contributed by atoms with E-state index in [0.29, 0.717) is 0 Å². The van der Waals surface area contributed by atoms with Crippen molar-refractivity contribution in [1.82, 2.24) is 0 Å². The monoisotopic (exact) mass is 284 g/mol. The van der Waals surface area contributed by atoms with Gasteiger partial charge in [0.25, 0.3) is 0 Å². The number of hydrogen-bond acceptors (Lipinski definition) is 4. The van der Waals surface area contributed by atoms with Crippen molar-refractivity contribution < 1.29 is 19.7 Å². The topological polar surface area (TPSA) is 102 Å². The summed E-state index contributed by atoms with van der Waals surface area (Å²) in [6, 6.07) is 9.09.